The number of nitrogens with one attached hydrogen (secondary N) is 1. The fourth-order valence-electron chi connectivity index (χ4n) is 4.18. The summed E-state index contributed by atoms with van der Waals surface area (Å²) in [6.45, 7) is 6.85. The molecule has 0 bridgehead atoms. The van der Waals surface area contributed by atoms with E-state index in [0.29, 0.717) is 35.6 Å². The number of amides is 1. The van der Waals surface area contributed by atoms with Gasteiger partial charge in [0.2, 0.25) is 15.9 Å². The first kappa shape index (κ1) is 23.2. The molecule has 0 saturated carbocycles. The van der Waals surface area contributed by atoms with Crippen LogP contribution in [0.2, 0.25) is 0 Å². The number of carbonyl (C=O) groups excluding carboxylic acids is 1. The van der Waals surface area contributed by atoms with E-state index in [2.05, 4.69) is 12.2 Å². The highest BCUT2D eigenvalue weighted by atomic mass is 32.2. The molecule has 0 atom stereocenters. The molecule has 0 spiro atoms. The van der Waals surface area contributed by atoms with Gasteiger partial charge in [-0.3, -0.25) is 14.2 Å². The number of rotatable bonds is 5. The summed E-state index contributed by atoms with van der Waals surface area (Å²) >= 11 is 0. The van der Waals surface area contributed by atoms with Gasteiger partial charge in [-0.2, -0.15) is 4.31 Å². The van der Waals surface area contributed by atoms with Crippen molar-refractivity contribution in [1.29, 1.82) is 0 Å². The van der Waals surface area contributed by atoms with E-state index < -0.39 is 10.0 Å². The van der Waals surface area contributed by atoms with Crippen molar-refractivity contribution in [1.82, 2.24) is 8.87 Å². The number of nitrogens with zero attached hydrogens (tertiary/aromatic N) is 2. The first-order chi connectivity index (χ1) is 15.6. The van der Waals surface area contributed by atoms with E-state index in [4.69, 9.17) is 0 Å². The van der Waals surface area contributed by atoms with Crippen molar-refractivity contribution >= 4 is 32.5 Å². The molecule has 1 saturated heterocycles. The van der Waals surface area contributed by atoms with Crippen molar-refractivity contribution in [2.45, 2.75) is 45.1 Å². The third-order valence-electron chi connectivity index (χ3n) is 6.31. The van der Waals surface area contributed by atoms with Crippen LogP contribution in [0.1, 0.15) is 30.9 Å². The molecule has 0 unspecified atom stereocenters. The van der Waals surface area contributed by atoms with Gasteiger partial charge in [-0.25, -0.2) is 8.42 Å². The Balaban J connectivity index is 1.62. The lowest BCUT2D eigenvalue weighted by Crippen LogP contribution is -2.37. The molecule has 3 aromatic rings. The molecular weight excluding hydrogens is 438 g/mol. The SMILES string of the molecule is Cc1ccc(C)c(NC(=O)Cn2c(=O)ccc3cc(S(=O)(=O)N4CCC(C)CC4)ccc32)c1. The van der Waals surface area contributed by atoms with E-state index in [1.54, 1.807) is 18.2 Å². The Hall–Kier alpha value is -2.97. The van der Waals surface area contributed by atoms with Crippen LogP contribution in [0.4, 0.5) is 5.69 Å². The predicted molar refractivity (Wildman–Crippen MR) is 130 cm³/mol. The number of hydrogen-bond donors (Lipinski definition) is 1. The quantitative estimate of drug-likeness (QED) is 0.620. The van der Waals surface area contributed by atoms with E-state index in [9.17, 15) is 18.0 Å². The lowest BCUT2D eigenvalue weighted by molar-refractivity contribution is -0.116. The molecule has 8 heteroatoms. The Morgan fingerprint density at radius 1 is 1.03 bits per heavy atom. The van der Waals surface area contributed by atoms with E-state index in [0.717, 1.165) is 24.0 Å². The third-order valence-corrected chi connectivity index (χ3v) is 8.21. The topological polar surface area (TPSA) is 88.5 Å². The second kappa shape index (κ2) is 9.11. The molecule has 1 aliphatic heterocycles. The first-order valence-electron chi connectivity index (χ1n) is 11.2. The summed E-state index contributed by atoms with van der Waals surface area (Å²) in [5.74, 6) is 0.203. The molecule has 2 aromatic carbocycles. The second-order valence-electron chi connectivity index (χ2n) is 8.93. The summed E-state index contributed by atoms with van der Waals surface area (Å²) in [7, 11) is -3.61. The van der Waals surface area contributed by atoms with E-state index in [1.807, 2.05) is 32.0 Å². The molecular formula is C25H29N3O4S. The number of pyridine rings is 1. The molecule has 0 radical (unpaired) electrons. The highest BCUT2D eigenvalue weighted by Gasteiger charge is 2.28. The van der Waals surface area contributed by atoms with Crippen LogP contribution >= 0.6 is 0 Å². The molecule has 1 fully saturated rings. The summed E-state index contributed by atoms with van der Waals surface area (Å²) in [6.07, 6.45) is 1.70. The summed E-state index contributed by atoms with van der Waals surface area (Å²) < 4.78 is 29.1. The Labute approximate surface area is 194 Å². The zero-order chi connectivity index (χ0) is 23.8. The molecule has 1 aliphatic rings. The van der Waals surface area contributed by atoms with Crippen LogP contribution in [0.25, 0.3) is 10.9 Å². The summed E-state index contributed by atoms with van der Waals surface area (Å²) in [5, 5.41) is 3.47. The van der Waals surface area contributed by atoms with Gasteiger partial charge < -0.3 is 5.32 Å². The minimum Gasteiger partial charge on any atom is -0.324 e. The molecule has 33 heavy (non-hydrogen) atoms. The maximum Gasteiger partial charge on any atom is 0.251 e. The van der Waals surface area contributed by atoms with Crippen LogP contribution in [-0.2, 0) is 21.4 Å². The molecule has 0 aliphatic carbocycles. The second-order valence-corrected chi connectivity index (χ2v) is 10.9. The molecule has 1 N–H and O–H groups in total. The van der Waals surface area contributed by atoms with Crippen molar-refractivity contribution < 1.29 is 13.2 Å². The van der Waals surface area contributed by atoms with Crippen LogP contribution in [0.5, 0.6) is 0 Å². The first-order valence-corrected chi connectivity index (χ1v) is 12.6. The fourth-order valence-corrected chi connectivity index (χ4v) is 5.69. The highest BCUT2D eigenvalue weighted by molar-refractivity contribution is 7.89. The zero-order valence-electron chi connectivity index (χ0n) is 19.2. The van der Waals surface area contributed by atoms with Gasteiger partial charge in [0.25, 0.3) is 5.56 Å². The lowest BCUT2D eigenvalue weighted by Gasteiger charge is -2.29. The monoisotopic (exact) mass is 467 g/mol. The number of fused-ring (bicyclic) bond motifs is 1. The number of aromatic nitrogens is 1. The molecule has 174 valence electrons. The minimum absolute atomic E-state index is 0.167. The van der Waals surface area contributed by atoms with Crippen LogP contribution in [0.3, 0.4) is 0 Å². The Bertz CT molecular complexity index is 1370. The van der Waals surface area contributed by atoms with Gasteiger partial charge in [0.15, 0.2) is 0 Å². The van der Waals surface area contributed by atoms with Crippen molar-refractivity contribution in [3.05, 3.63) is 70.0 Å². The van der Waals surface area contributed by atoms with E-state index >= 15 is 0 Å². The Morgan fingerprint density at radius 3 is 2.48 bits per heavy atom. The van der Waals surface area contributed by atoms with E-state index in [1.165, 1.54) is 21.0 Å². The van der Waals surface area contributed by atoms with Gasteiger partial charge in [-0.05, 0) is 79.5 Å². The average molecular weight is 468 g/mol. The number of piperidine rings is 1. The van der Waals surface area contributed by atoms with Crippen LogP contribution in [0.15, 0.2) is 58.2 Å². The number of aryl methyl sites for hydroxylation is 2. The molecule has 1 amide bonds. The largest absolute Gasteiger partial charge is 0.324 e. The van der Waals surface area contributed by atoms with Gasteiger partial charge >= 0.3 is 0 Å². The van der Waals surface area contributed by atoms with Crippen molar-refractivity contribution in [3.8, 4) is 0 Å². The van der Waals surface area contributed by atoms with Gasteiger partial charge in [-0.1, -0.05) is 19.1 Å². The maximum absolute atomic E-state index is 13.1. The number of benzene rings is 2. The lowest BCUT2D eigenvalue weighted by atomic mass is 10.0. The van der Waals surface area contributed by atoms with Crippen LogP contribution in [0, 0.1) is 19.8 Å². The Kier molecular flexibility index (Phi) is 6.41. The third kappa shape index (κ3) is 4.86. The summed E-state index contributed by atoms with van der Waals surface area (Å²) in [5.41, 5.74) is 2.86. The Morgan fingerprint density at radius 2 is 1.76 bits per heavy atom. The van der Waals surface area contributed by atoms with Crippen molar-refractivity contribution in [3.63, 3.8) is 0 Å². The molecule has 1 aromatic heterocycles. The number of hydrogen-bond acceptors (Lipinski definition) is 4. The number of carbonyl (C=O) groups is 1. The van der Waals surface area contributed by atoms with Crippen LogP contribution < -0.4 is 10.9 Å². The number of anilines is 1. The minimum atomic E-state index is -3.61. The molecule has 4 rings (SSSR count). The fraction of sp³-hybridized carbons (Fsp3) is 0.360. The normalized spacial score (nSPS) is 15.6. The highest BCUT2D eigenvalue weighted by Crippen LogP contribution is 2.26. The van der Waals surface area contributed by atoms with Crippen molar-refractivity contribution in [2.24, 2.45) is 5.92 Å². The summed E-state index contributed by atoms with van der Waals surface area (Å²) in [6, 6.07) is 13.5. The van der Waals surface area contributed by atoms with Crippen LogP contribution in [-0.4, -0.2) is 36.3 Å². The summed E-state index contributed by atoms with van der Waals surface area (Å²) in [4.78, 5) is 25.5. The van der Waals surface area contributed by atoms with Crippen molar-refractivity contribution in [2.75, 3.05) is 18.4 Å². The zero-order valence-corrected chi connectivity index (χ0v) is 20.0. The van der Waals surface area contributed by atoms with Gasteiger partial charge in [0.1, 0.15) is 6.54 Å². The van der Waals surface area contributed by atoms with Gasteiger partial charge in [0.05, 0.1) is 10.4 Å². The standard InChI is InChI=1S/C25H29N3O4S/c1-17-10-12-27(13-11-17)33(31,32)21-7-8-23-20(15-21)6-9-25(30)28(23)16-24(29)26-22-14-18(2)4-5-19(22)3/h4-9,14-15,17H,10-13,16H2,1-3H3,(H,26,29). The average Bonchev–Trinajstić information content (AvgIpc) is 2.78. The predicted octanol–water partition coefficient (Wildman–Crippen LogP) is 3.68. The molecule has 2 heterocycles. The van der Waals surface area contributed by atoms with Gasteiger partial charge in [0, 0.05) is 24.8 Å². The van der Waals surface area contributed by atoms with Gasteiger partial charge in [-0.15, -0.1) is 0 Å². The smallest absolute Gasteiger partial charge is 0.251 e. The number of sulfonamides is 1. The maximum atomic E-state index is 13.1. The van der Waals surface area contributed by atoms with E-state index in [-0.39, 0.29) is 22.9 Å². The molecule has 7 nitrogen and oxygen atoms in total.